The molecular formula is C20H34IN3O2S. The number of methoxy groups -OCH3 is 2. The van der Waals surface area contributed by atoms with Crippen LogP contribution in [0.3, 0.4) is 0 Å². The molecule has 27 heavy (non-hydrogen) atoms. The molecule has 0 aliphatic carbocycles. The average Bonchev–Trinajstić information content (AvgIpc) is 3.12. The average molecular weight is 507 g/mol. The molecule has 1 N–H and O–H groups in total. The molecule has 2 atom stereocenters. The van der Waals surface area contributed by atoms with Crippen LogP contribution in [-0.4, -0.2) is 63.6 Å². The van der Waals surface area contributed by atoms with Gasteiger partial charge in [-0.05, 0) is 31.4 Å². The number of hydrogen-bond donors (Lipinski definition) is 1. The first kappa shape index (κ1) is 24.4. The summed E-state index contributed by atoms with van der Waals surface area (Å²) in [7, 11) is 3.51. The standard InChI is InChI=1S/C20H33N3O2S.HI/c1-5-21-20(23-11-10-17(13-23)14-24-3)22-12-16(2)15-26-19-9-7-6-8-18(19)25-4;/h6-9,16-17H,5,10-15H2,1-4H3,(H,21,22);1H. The molecule has 5 nitrogen and oxygen atoms in total. The molecule has 154 valence electrons. The molecule has 1 aromatic rings. The maximum absolute atomic E-state index is 5.43. The van der Waals surface area contributed by atoms with E-state index in [4.69, 9.17) is 14.5 Å². The topological polar surface area (TPSA) is 46.1 Å². The van der Waals surface area contributed by atoms with Gasteiger partial charge in [0.1, 0.15) is 5.75 Å². The van der Waals surface area contributed by atoms with E-state index >= 15 is 0 Å². The van der Waals surface area contributed by atoms with Crippen molar-refractivity contribution in [1.82, 2.24) is 10.2 Å². The summed E-state index contributed by atoms with van der Waals surface area (Å²) in [6, 6.07) is 8.19. The van der Waals surface area contributed by atoms with E-state index < -0.39 is 0 Å². The minimum Gasteiger partial charge on any atom is -0.496 e. The highest BCUT2D eigenvalue weighted by Gasteiger charge is 2.24. The molecule has 7 heteroatoms. The summed E-state index contributed by atoms with van der Waals surface area (Å²) < 4.78 is 10.7. The monoisotopic (exact) mass is 507 g/mol. The Labute approximate surface area is 185 Å². The van der Waals surface area contributed by atoms with Gasteiger partial charge < -0.3 is 19.7 Å². The maximum Gasteiger partial charge on any atom is 0.193 e. The molecule has 0 amide bonds. The Hall–Kier alpha value is -0.670. The predicted molar refractivity (Wildman–Crippen MR) is 126 cm³/mol. The summed E-state index contributed by atoms with van der Waals surface area (Å²) in [5, 5.41) is 3.44. The second-order valence-electron chi connectivity index (χ2n) is 6.82. The van der Waals surface area contributed by atoms with Crippen LogP contribution in [0.25, 0.3) is 0 Å². The molecule has 2 rings (SSSR count). The number of hydrogen-bond acceptors (Lipinski definition) is 4. The minimum absolute atomic E-state index is 0. The molecule has 1 aromatic carbocycles. The lowest BCUT2D eigenvalue weighted by Crippen LogP contribution is -2.40. The first-order chi connectivity index (χ1) is 12.7. The Kier molecular flexibility index (Phi) is 12.2. The van der Waals surface area contributed by atoms with Crippen LogP contribution >= 0.6 is 35.7 Å². The Morgan fingerprint density at radius 2 is 2.15 bits per heavy atom. The minimum atomic E-state index is 0. The molecule has 0 aromatic heterocycles. The smallest absolute Gasteiger partial charge is 0.193 e. The third-order valence-corrected chi connectivity index (χ3v) is 5.85. The van der Waals surface area contributed by atoms with E-state index in [0.29, 0.717) is 11.8 Å². The molecule has 0 radical (unpaired) electrons. The Morgan fingerprint density at radius 1 is 1.37 bits per heavy atom. The van der Waals surface area contributed by atoms with Crippen LogP contribution in [-0.2, 0) is 4.74 Å². The summed E-state index contributed by atoms with van der Waals surface area (Å²) in [5.74, 6) is 4.12. The largest absolute Gasteiger partial charge is 0.496 e. The van der Waals surface area contributed by atoms with Crippen molar-refractivity contribution in [2.45, 2.75) is 25.2 Å². The van der Waals surface area contributed by atoms with Crippen molar-refractivity contribution in [3.05, 3.63) is 24.3 Å². The molecule has 1 fully saturated rings. The zero-order chi connectivity index (χ0) is 18.8. The van der Waals surface area contributed by atoms with Gasteiger partial charge in [-0.15, -0.1) is 35.7 Å². The van der Waals surface area contributed by atoms with Gasteiger partial charge in [-0.3, -0.25) is 4.99 Å². The van der Waals surface area contributed by atoms with Gasteiger partial charge in [-0.25, -0.2) is 0 Å². The highest BCUT2D eigenvalue weighted by molar-refractivity contribution is 14.0. The summed E-state index contributed by atoms with van der Waals surface area (Å²) in [4.78, 5) is 8.45. The number of guanidine groups is 1. The van der Waals surface area contributed by atoms with Crippen molar-refractivity contribution in [2.24, 2.45) is 16.8 Å². The predicted octanol–water partition coefficient (Wildman–Crippen LogP) is 3.98. The maximum atomic E-state index is 5.43. The van der Waals surface area contributed by atoms with E-state index in [-0.39, 0.29) is 24.0 Å². The summed E-state index contributed by atoms with van der Waals surface area (Å²) >= 11 is 1.84. The molecule has 2 unspecified atom stereocenters. The fourth-order valence-electron chi connectivity index (χ4n) is 3.09. The van der Waals surface area contributed by atoms with Crippen LogP contribution in [0.15, 0.2) is 34.2 Å². The third-order valence-electron chi connectivity index (χ3n) is 4.47. The first-order valence-corrected chi connectivity index (χ1v) is 10.4. The second kappa shape index (κ2) is 13.5. The molecule has 1 aliphatic heterocycles. The van der Waals surface area contributed by atoms with Crippen LogP contribution in [0.4, 0.5) is 0 Å². The van der Waals surface area contributed by atoms with Crippen molar-refractivity contribution in [3.8, 4) is 5.75 Å². The number of benzene rings is 1. The Bertz CT molecular complexity index is 574. The highest BCUT2D eigenvalue weighted by Crippen LogP contribution is 2.30. The van der Waals surface area contributed by atoms with Crippen molar-refractivity contribution < 1.29 is 9.47 Å². The third kappa shape index (κ3) is 8.07. The number of aliphatic imine (C=N–C) groups is 1. The lowest BCUT2D eigenvalue weighted by Gasteiger charge is -2.22. The van der Waals surface area contributed by atoms with Crippen molar-refractivity contribution >= 4 is 41.7 Å². The number of para-hydroxylation sites is 1. The Balaban J connectivity index is 0.00000364. The van der Waals surface area contributed by atoms with Crippen LogP contribution in [0.2, 0.25) is 0 Å². The van der Waals surface area contributed by atoms with Crippen molar-refractivity contribution in [1.29, 1.82) is 0 Å². The van der Waals surface area contributed by atoms with E-state index in [1.165, 1.54) is 11.3 Å². The zero-order valence-electron chi connectivity index (χ0n) is 16.9. The Morgan fingerprint density at radius 3 is 2.85 bits per heavy atom. The fourth-order valence-corrected chi connectivity index (χ4v) is 4.13. The summed E-state index contributed by atoms with van der Waals surface area (Å²) in [6.07, 6.45) is 1.18. The number of ether oxygens (including phenoxy) is 2. The number of halogens is 1. The number of thioether (sulfide) groups is 1. The van der Waals surface area contributed by atoms with Crippen molar-refractivity contribution in [3.63, 3.8) is 0 Å². The van der Waals surface area contributed by atoms with Gasteiger partial charge in [0.25, 0.3) is 0 Å². The summed E-state index contributed by atoms with van der Waals surface area (Å²) in [5.41, 5.74) is 0. The van der Waals surface area contributed by atoms with Gasteiger partial charge in [-0.2, -0.15) is 0 Å². The van der Waals surface area contributed by atoms with Crippen LogP contribution in [0, 0.1) is 11.8 Å². The summed E-state index contributed by atoms with van der Waals surface area (Å²) in [6.45, 7) is 9.03. The lowest BCUT2D eigenvalue weighted by atomic mass is 10.1. The van der Waals surface area contributed by atoms with Gasteiger partial charge >= 0.3 is 0 Å². The van der Waals surface area contributed by atoms with E-state index in [1.807, 2.05) is 23.9 Å². The molecule has 1 aliphatic rings. The molecule has 0 bridgehead atoms. The number of rotatable bonds is 9. The van der Waals surface area contributed by atoms with E-state index in [0.717, 1.165) is 50.2 Å². The first-order valence-electron chi connectivity index (χ1n) is 9.45. The van der Waals surface area contributed by atoms with E-state index in [2.05, 4.69) is 36.2 Å². The molecule has 1 heterocycles. The van der Waals surface area contributed by atoms with Gasteiger partial charge in [0.05, 0.1) is 13.7 Å². The molecule has 0 saturated carbocycles. The van der Waals surface area contributed by atoms with Gasteiger partial charge in [0, 0.05) is 49.9 Å². The SMILES string of the molecule is CCNC(=NCC(C)CSc1ccccc1OC)N1CCC(COC)C1.I. The quantitative estimate of drug-likeness (QED) is 0.237. The van der Waals surface area contributed by atoms with Crippen LogP contribution in [0.5, 0.6) is 5.75 Å². The number of likely N-dealkylation sites (tertiary alicyclic amines) is 1. The highest BCUT2D eigenvalue weighted by atomic mass is 127. The number of nitrogens with one attached hydrogen (secondary N) is 1. The normalized spacial score (nSPS) is 18.1. The van der Waals surface area contributed by atoms with Gasteiger partial charge in [0.2, 0.25) is 0 Å². The van der Waals surface area contributed by atoms with Gasteiger partial charge in [0.15, 0.2) is 5.96 Å². The lowest BCUT2D eigenvalue weighted by molar-refractivity contribution is 0.157. The fraction of sp³-hybridized carbons (Fsp3) is 0.650. The van der Waals surface area contributed by atoms with E-state index in [9.17, 15) is 0 Å². The number of nitrogens with zero attached hydrogens (tertiary/aromatic N) is 2. The van der Waals surface area contributed by atoms with Crippen molar-refractivity contribution in [2.75, 3.05) is 52.8 Å². The molecule has 0 spiro atoms. The zero-order valence-corrected chi connectivity index (χ0v) is 20.1. The van der Waals surface area contributed by atoms with Crippen LogP contribution < -0.4 is 10.1 Å². The second-order valence-corrected chi connectivity index (χ2v) is 7.88. The van der Waals surface area contributed by atoms with Crippen LogP contribution in [0.1, 0.15) is 20.3 Å². The molecule has 1 saturated heterocycles. The van der Waals surface area contributed by atoms with Gasteiger partial charge in [-0.1, -0.05) is 19.1 Å². The van der Waals surface area contributed by atoms with E-state index in [1.54, 1.807) is 14.2 Å². The molecular weight excluding hydrogens is 473 g/mol.